The lowest BCUT2D eigenvalue weighted by Gasteiger charge is -2.36. The largest absolute Gasteiger partial charge is 0.362 e. The normalized spacial score (nSPS) is 16.1. The number of hydrogen-bond acceptors (Lipinski definition) is 5. The Morgan fingerprint density at radius 1 is 1.29 bits per heavy atom. The van der Waals surface area contributed by atoms with Crippen molar-refractivity contribution in [3.8, 4) is 0 Å². The molecule has 132 valence electrons. The number of rotatable bonds is 7. The number of nitro benzene ring substituents is 1. The first kappa shape index (κ1) is 18.6. The molecular formula is C17H25N3O3S. The maximum Gasteiger partial charge on any atom is 0.292 e. The fourth-order valence-corrected chi connectivity index (χ4v) is 3.89. The van der Waals surface area contributed by atoms with Gasteiger partial charge < -0.3 is 9.80 Å². The number of nitro groups is 1. The molecule has 0 aromatic heterocycles. The Morgan fingerprint density at radius 2 is 1.96 bits per heavy atom. The van der Waals surface area contributed by atoms with Gasteiger partial charge in [0, 0.05) is 32.2 Å². The van der Waals surface area contributed by atoms with E-state index >= 15 is 0 Å². The standard InChI is InChI=1S/C17H25N3O3S/c1-3-4-13-24-14(2)17(21)19-11-9-18(10-12-19)15-7-5-6-8-16(15)20(22)23/h5-8,14H,3-4,9-13H2,1-2H3. The molecule has 0 bridgehead atoms. The zero-order valence-electron chi connectivity index (χ0n) is 14.3. The Bertz CT molecular complexity index is 574. The minimum absolute atomic E-state index is 0.0193. The summed E-state index contributed by atoms with van der Waals surface area (Å²) in [4.78, 5) is 27.2. The molecule has 1 atom stereocenters. The van der Waals surface area contributed by atoms with Crippen LogP contribution >= 0.6 is 11.8 Å². The summed E-state index contributed by atoms with van der Waals surface area (Å²) in [7, 11) is 0. The van der Waals surface area contributed by atoms with Crippen molar-refractivity contribution in [3.05, 3.63) is 34.4 Å². The average Bonchev–Trinajstić information content (AvgIpc) is 2.61. The summed E-state index contributed by atoms with van der Waals surface area (Å²) in [6.07, 6.45) is 2.27. The number of benzene rings is 1. The monoisotopic (exact) mass is 351 g/mol. The number of anilines is 1. The highest BCUT2D eigenvalue weighted by Crippen LogP contribution is 2.28. The van der Waals surface area contributed by atoms with Crippen LogP contribution in [0.1, 0.15) is 26.7 Å². The highest BCUT2D eigenvalue weighted by molar-refractivity contribution is 8.00. The maximum atomic E-state index is 12.5. The van der Waals surface area contributed by atoms with Gasteiger partial charge in [0.2, 0.25) is 5.91 Å². The molecule has 0 spiro atoms. The smallest absolute Gasteiger partial charge is 0.292 e. The van der Waals surface area contributed by atoms with Crippen molar-refractivity contribution in [2.24, 2.45) is 0 Å². The molecule has 1 aromatic carbocycles. The molecule has 24 heavy (non-hydrogen) atoms. The number of carbonyl (C=O) groups is 1. The van der Waals surface area contributed by atoms with Crippen LogP contribution in [0.3, 0.4) is 0 Å². The second kappa shape index (κ2) is 8.92. The molecule has 2 rings (SSSR count). The van der Waals surface area contributed by atoms with E-state index in [9.17, 15) is 14.9 Å². The number of unbranched alkanes of at least 4 members (excludes halogenated alkanes) is 1. The Morgan fingerprint density at radius 3 is 2.58 bits per heavy atom. The van der Waals surface area contributed by atoms with E-state index in [1.165, 1.54) is 6.07 Å². The Hall–Kier alpha value is -1.76. The molecule has 0 radical (unpaired) electrons. The topological polar surface area (TPSA) is 66.7 Å². The van der Waals surface area contributed by atoms with Gasteiger partial charge in [0.05, 0.1) is 10.2 Å². The first-order chi connectivity index (χ1) is 11.5. The quantitative estimate of drug-likeness (QED) is 0.429. The van der Waals surface area contributed by atoms with E-state index in [0.717, 1.165) is 18.6 Å². The van der Waals surface area contributed by atoms with E-state index in [-0.39, 0.29) is 21.8 Å². The fraction of sp³-hybridized carbons (Fsp3) is 0.588. The maximum absolute atomic E-state index is 12.5. The second-order valence-corrected chi connectivity index (χ2v) is 7.37. The molecule has 0 N–H and O–H groups in total. The highest BCUT2D eigenvalue weighted by atomic mass is 32.2. The summed E-state index contributed by atoms with van der Waals surface area (Å²) in [5, 5.41) is 11.1. The van der Waals surface area contributed by atoms with Crippen molar-refractivity contribution in [1.82, 2.24) is 4.90 Å². The lowest BCUT2D eigenvalue weighted by Crippen LogP contribution is -2.50. The Balaban J connectivity index is 1.92. The van der Waals surface area contributed by atoms with Crippen LogP contribution in [0, 0.1) is 10.1 Å². The summed E-state index contributed by atoms with van der Waals surface area (Å²) in [5.41, 5.74) is 0.765. The van der Waals surface area contributed by atoms with Gasteiger partial charge in [0.25, 0.3) is 5.69 Å². The lowest BCUT2D eigenvalue weighted by molar-refractivity contribution is -0.384. The zero-order chi connectivity index (χ0) is 17.5. The number of piperazine rings is 1. The third-order valence-corrected chi connectivity index (χ3v) is 5.45. The molecular weight excluding hydrogens is 326 g/mol. The molecule has 1 heterocycles. The van der Waals surface area contributed by atoms with E-state index in [0.29, 0.717) is 31.9 Å². The number of para-hydroxylation sites is 2. The fourth-order valence-electron chi connectivity index (χ4n) is 2.79. The van der Waals surface area contributed by atoms with Gasteiger partial charge in [-0.1, -0.05) is 25.5 Å². The van der Waals surface area contributed by atoms with Crippen LogP contribution < -0.4 is 4.90 Å². The van der Waals surface area contributed by atoms with Crippen LogP contribution in [0.4, 0.5) is 11.4 Å². The zero-order valence-corrected chi connectivity index (χ0v) is 15.1. The Labute approximate surface area is 147 Å². The summed E-state index contributed by atoms with van der Waals surface area (Å²) < 4.78 is 0. The van der Waals surface area contributed by atoms with Crippen molar-refractivity contribution in [3.63, 3.8) is 0 Å². The molecule has 7 heteroatoms. The van der Waals surface area contributed by atoms with Gasteiger partial charge in [-0.05, 0) is 25.2 Å². The Kier molecular flexibility index (Phi) is 6.90. The lowest BCUT2D eigenvalue weighted by atomic mass is 10.2. The van der Waals surface area contributed by atoms with Crippen LogP contribution in [0.25, 0.3) is 0 Å². The van der Waals surface area contributed by atoms with Gasteiger partial charge in [-0.15, -0.1) is 11.8 Å². The van der Waals surface area contributed by atoms with Gasteiger partial charge in [-0.2, -0.15) is 0 Å². The van der Waals surface area contributed by atoms with Gasteiger partial charge in [-0.25, -0.2) is 0 Å². The van der Waals surface area contributed by atoms with E-state index in [4.69, 9.17) is 0 Å². The third kappa shape index (κ3) is 4.63. The summed E-state index contributed by atoms with van der Waals surface area (Å²) >= 11 is 1.71. The van der Waals surface area contributed by atoms with Crippen LogP contribution in [-0.4, -0.2) is 52.9 Å². The number of carbonyl (C=O) groups excluding carboxylic acids is 1. The molecule has 1 saturated heterocycles. The first-order valence-corrected chi connectivity index (χ1v) is 9.48. The number of hydrogen-bond donors (Lipinski definition) is 0. The van der Waals surface area contributed by atoms with E-state index in [1.807, 2.05) is 22.8 Å². The van der Waals surface area contributed by atoms with E-state index in [2.05, 4.69) is 6.92 Å². The predicted molar refractivity (Wildman–Crippen MR) is 98.7 cm³/mol. The molecule has 6 nitrogen and oxygen atoms in total. The molecule has 1 aromatic rings. The highest BCUT2D eigenvalue weighted by Gasteiger charge is 2.27. The first-order valence-electron chi connectivity index (χ1n) is 8.43. The van der Waals surface area contributed by atoms with Crippen LogP contribution in [0.2, 0.25) is 0 Å². The molecule has 1 aliphatic rings. The molecule has 1 aliphatic heterocycles. The van der Waals surface area contributed by atoms with Crippen molar-refractivity contribution in [2.45, 2.75) is 31.9 Å². The minimum atomic E-state index is -0.348. The molecule has 0 aliphatic carbocycles. The minimum Gasteiger partial charge on any atom is -0.362 e. The van der Waals surface area contributed by atoms with Crippen LogP contribution in [-0.2, 0) is 4.79 Å². The molecule has 1 unspecified atom stereocenters. The van der Waals surface area contributed by atoms with E-state index in [1.54, 1.807) is 23.9 Å². The van der Waals surface area contributed by atoms with Crippen molar-refractivity contribution >= 4 is 29.0 Å². The van der Waals surface area contributed by atoms with Crippen molar-refractivity contribution in [2.75, 3.05) is 36.8 Å². The molecule has 1 amide bonds. The predicted octanol–water partition coefficient (Wildman–Crippen LogP) is 3.17. The number of thioether (sulfide) groups is 1. The third-order valence-electron chi connectivity index (χ3n) is 4.22. The molecule has 0 saturated carbocycles. The van der Waals surface area contributed by atoms with Gasteiger partial charge in [-0.3, -0.25) is 14.9 Å². The second-order valence-electron chi connectivity index (χ2n) is 5.92. The van der Waals surface area contributed by atoms with Crippen LogP contribution in [0.5, 0.6) is 0 Å². The number of nitrogens with zero attached hydrogens (tertiary/aromatic N) is 3. The summed E-state index contributed by atoms with van der Waals surface area (Å²) in [6, 6.07) is 6.79. The van der Waals surface area contributed by atoms with Gasteiger partial charge in [0.15, 0.2) is 0 Å². The SMILES string of the molecule is CCCCSC(C)C(=O)N1CCN(c2ccccc2[N+](=O)[O-])CC1. The average molecular weight is 351 g/mol. The summed E-state index contributed by atoms with van der Waals surface area (Å²) in [6.45, 7) is 6.60. The molecule has 1 fully saturated rings. The number of amides is 1. The van der Waals surface area contributed by atoms with E-state index < -0.39 is 0 Å². The van der Waals surface area contributed by atoms with Crippen molar-refractivity contribution in [1.29, 1.82) is 0 Å². The van der Waals surface area contributed by atoms with Crippen LogP contribution in [0.15, 0.2) is 24.3 Å². The summed E-state index contributed by atoms with van der Waals surface area (Å²) in [5.74, 6) is 1.19. The van der Waals surface area contributed by atoms with Gasteiger partial charge in [0.1, 0.15) is 5.69 Å². The van der Waals surface area contributed by atoms with Crippen molar-refractivity contribution < 1.29 is 9.72 Å². The van der Waals surface area contributed by atoms with Gasteiger partial charge >= 0.3 is 0 Å².